The van der Waals surface area contributed by atoms with Crippen molar-refractivity contribution >= 4 is 17.5 Å². The topological polar surface area (TPSA) is 40.6 Å². The van der Waals surface area contributed by atoms with Crippen molar-refractivity contribution in [1.29, 1.82) is 0 Å². The quantitative estimate of drug-likeness (QED) is 0.842. The van der Waals surface area contributed by atoms with Crippen LogP contribution >= 0.6 is 0 Å². The normalized spacial score (nSPS) is 22.3. The van der Waals surface area contributed by atoms with E-state index in [2.05, 4.69) is 6.07 Å². The number of carbonyl (C=O) groups excluding carboxylic acids is 2. The van der Waals surface area contributed by atoms with E-state index in [1.165, 1.54) is 6.42 Å². The first-order chi connectivity index (χ1) is 10.5. The number of likely N-dealkylation sites (tertiary alicyclic amines) is 1. The van der Waals surface area contributed by atoms with Gasteiger partial charge in [0.15, 0.2) is 0 Å². The Bertz CT molecular complexity index is 570. The van der Waals surface area contributed by atoms with Crippen LogP contribution in [-0.2, 0) is 9.59 Å². The number of nitrogens with zero attached hydrogens (tertiary/aromatic N) is 2. The maximum Gasteiger partial charge on any atom is 0.228 e. The molecule has 4 heteroatoms. The van der Waals surface area contributed by atoms with Crippen LogP contribution in [0.15, 0.2) is 18.2 Å². The zero-order chi connectivity index (χ0) is 15.7. The number of anilines is 1. The molecule has 0 aliphatic carbocycles. The van der Waals surface area contributed by atoms with Crippen molar-refractivity contribution in [3.63, 3.8) is 0 Å². The second kappa shape index (κ2) is 6.11. The van der Waals surface area contributed by atoms with E-state index in [0.717, 1.165) is 42.7 Å². The molecule has 2 amide bonds. The number of hydrogen-bond donors (Lipinski definition) is 0. The lowest BCUT2D eigenvalue weighted by atomic mass is 10.0. The highest BCUT2D eigenvalue weighted by Crippen LogP contribution is 2.28. The predicted octanol–water partition coefficient (Wildman–Crippen LogP) is 2.67. The van der Waals surface area contributed by atoms with E-state index in [1.807, 2.05) is 30.9 Å². The van der Waals surface area contributed by atoms with Gasteiger partial charge in [0.1, 0.15) is 0 Å². The van der Waals surface area contributed by atoms with Gasteiger partial charge in [-0.15, -0.1) is 0 Å². The third kappa shape index (κ3) is 3.01. The summed E-state index contributed by atoms with van der Waals surface area (Å²) in [7, 11) is 0. The van der Waals surface area contributed by atoms with Gasteiger partial charge in [-0.3, -0.25) is 9.59 Å². The number of hydrogen-bond acceptors (Lipinski definition) is 2. The van der Waals surface area contributed by atoms with Gasteiger partial charge in [-0.1, -0.05) is 6.07 Å². The summed E-state index contributed by atoms with van der Waals surface area (Å²) < 4.78 is 0. The molecule has 2 fully saturated rings. The van der Waals surface area contributed by atoms with Crippen molar-refractivity contribution in [2.75, 3.05) is 24.5 Å². The van der Waals surface area contributed by atoms with Gasteiger partial charge >= 0.3 is 0 Å². The number of rotatable bonds is 2. The molecule has 0 saturated carbocycles. The van der Waals surface area contributed by atoms with Gasteiger partial charge in [0.05, 0.1) is 5.92 Å². The molecule has 0 radical (unpaired) electrons. The van der Waals surface area contributed by atoms with Crippen LogP contribution in [0.1, 0.15) is 36.8 Å². The lowest BCUT2D eigenvalue weighted by molar-refractivity contribution is -0.136. The smallest absolute Gasteiger partial charge is 0.228 e. The van der Waals surface area contributed by atoms with Crippen molar-refractivity contribution in [3.8, 4) is 0 Å². The van der Waals surface area contributed by atoms with Gasteiger partial charge < -0.3 is 9.80 Å². The molecule has 1 atom stereocenters. The van der Waals surface area contributed by atoms with Gasteiger partial charge in [0, 0.05) is 31.7 Å². The highest BCUT2D eigenvalue weighted by molar-refractivity contribution is 6.00. The molecule has 1 aromatic carbocycles. The summed E-state index contributed by atoms with van der Waals surface area (Å²) in [6.45, 7) is 6.30. The summed E-state index contributed by atoms with van der Waals surface area (Å²) in [5, 5.41) is 0. The van der Waals surface area contributed by atoms with Crippen LogP contribution in [0.2, 0.25) is 0 Å². The molecule has 2 aliphatic heterocycles. The Kier molecular flexibility index (Phi) is 4.19. The molecule has 2 saturated heterocycles. The molecule has 0 unspecified atom stereocenters. The van der Waals surface area contributed by atoms with Gasteiger partial charge in [0.25, 0.3) is 0 Å². The zero-order valence-corrected chi connectivity index (χ0v) is 13.5. The van der Waals surface area contributed by atoms with Crippen LogP contribution in [0.5, 0.6) is 0 Å². The van der Waals surface area contributed by atoms with E-state index >= 15 is 0 Å². The Morgan fingerprint density at radius 1 is 1.05 bits per heavy atom. The first-order valence-corrected chi connectivity index (χ1v) is 8.22. The Balaban J connectivity index is 1.73. The summed E-state index contributed by atoms with van der Waals surface area (Å²) in [6.07, 6.45) is 3.74. The Morgan fingerprint density at radius 2 is 1.68 bits per heavy atom. The van der Waals surface area contributed by atoms with Crippen LogP contribution in [0.4, 0.5) is 5.69 Å². The monoisotopic (exact) mass is 300 g/mol. The summed E-state index contributed by atoms with van der Waals surface area (Å²) in [6, 6.07) is 6.15. The minimum Gasteiger partial charge on any atom is -0.342 e. The van der Waals surface area contributed by atoms with E-state index in [4.69, 9.17) is 0 Å². The summed E-state index contributed by atoms with van der Waals surface area (Å²) in [4.78, 5) is 28.7. The molecule has 3 rings (SSSR count). The molecule has 0 aromatic heterocycles. The van der Waals surface area contributed by atoms with Gasteiger partial charge in [-0.25, -0.2) is 0 Å². The minimum absolute atomic E-state index is 0.0698. The van der Waals surface area contributed by atoms with Gasteiger partial charge in [-0.05, 0) is 56.4 Å². The molecule has 2 heterocycles. The number of amides is 2. The third-order valence-electron chi connectivity index (χ3n) is 4.66. The SMILES string of the molecule is Cc1cc(C)cc(N2C[C@H](C(=O)N3CCCCC3)CC2=O)c1. The molecule has 2 aliphatic rings. The number of carbonyl (C=O) groups is 2. The fourth-order valence-electron chi connectivity index (χ4n) is 3.60. The Morgan fingerprint density at radius 3 is 2.32 bits per heavy atom. The molecular formula is C18H24N2O2. The number of aryl methyl sites for hydroxylation is 2. The fourth-order valence-corrected chi connectivity index (χ4v) is 3.60. The second-order valence-electron chi connectivity index (χ2n) is 6.64. The highest BCUT2D eigenvalue weighted by atomic mass is 16.2. The summed E-state index contributed by atoms with van der Waals surface area (Å²) in [5.74, 6) is 0.0618. The summed E-state index contributed by atoms with van der Waals surface area (Å²) in [5.41, 5.74) is 3.22. The predicted molar refractivity (Wildman–Crippen MR) is 86.8 cm³/mol. The van der Waals surface area contributed by atoms with E-state index in [-0.39, 0.29) is 17.7 Å². The zero-order valence-electron chi connectivity index (χ0n) is 13.5. The van der Waals surface area contributed by atoms with E-state index in [0.29, 0.717) is 13.0 Å². The van der Waals surface area contributed by atoms with E-state index < -0.39 is 0 Å². The molecule has 0 N–H and O–H groups in total. The standard InChI is InChI=1S/C18H24N2O2/c1-13-8-14(2)10-16(9-13)20-12-15(11-17(20)21)18(22)19-6-4-3-5-7-19/h8-10,15H,3-7,11-12H2,1-2H3/t15-/m1/s1. The van der Waals surface area contributed by atoms with Crippen LogP contribution in [0.25, 0.3) is 0 Å². The van der Waals surface area contributed by atoms with E-state index in [9.17, 15) is 9.59 Å². The Labute approximate surface area is 132 Å². The van der Waals surface area contributed by atoms with Crippen molar-refractivity contribution in [3.05, 3.63) is 29.3 Å². The van der Waals surface area contributed by atoms with Crippen LogP contribution in [0, 0.1) is 19.8 Å². The van der Waals surface area contributed by atoms with Gasteiger partial charge in [-0.2, -0.15) is 0 Å². The average molecular weight is 300 g/mol. The molecule has 1 aromatic rings. The van der Waals surface area contributed by atoms with Crippen molar-refractivity contribution in [2.45, 2.75) is 39.5 Å². The van der Waals surface area contributed by atoms with Crippen molar-refractivity contribution in [1.82, 2.24) is 4.90 Å². The average Bonchev–Trinajstić information content (AvgIpc) is 2.88. The lowest BCUT2D eigenvalue weighted by Gasteiger charge is -2.29. The maximum atomic E-state index is 12.6. The van der Waals surface area contributed by atoms with Gasteiger partial charge in [0.2, 0.25) is 11.8 Å². The lowest BCUT2D eigenvalue weighted by Crippen LogP contribution is -2.40. The van der Waals surface area contributed by atoms with Crippen LogP contribution < -0.4 is 4.90 Å². The first-order valence-electron chi connectivity index (χ1n) is 8.22. The molecule has 22 heavy (non-hydrogen) atoms. The fraction of sp³-hybridized carbons (Fsp3) is 0.556. The first kappa shape index (κ1) is 15.1. The third-order valence-corrected chi connectivity index (χ3v) is 4.66. The molecule has 4 nitrogen and oxygen atoms in total. The number of piperidine rings is 1. The minimum atomic E-state index is -0.175. The Hall–Kier alpha value is -1.84. The maximum absolute atomic E-state index is 12.6. The van der Waals surface area contributed by atoms with Crippen LogP contribution in [0.3, 0.4) is 0 Å². The molecule has 0 spiro atoms. The molecule has 118 valence electrons. The van der Waals surface area contributed by atoms with Crippen molar-refractivity contribution in [2.24, 2.45) is 5.92 Å². The number of benzene rings is 1. The second-order valence-corrected chi connectivity index (χ2v) is 6.64. The molecular weight excluding hydrogens is 276 g/mol. The molecule has 0 bridgehead atoms. The van der Waals surface area contributed by atoms with Crippen molar-refractivity contribution < 1.29 is 9.59 Å². The highest BCUT2D eigenvalue weighted by Gasteiger charge is 2.37. The van der Waals surface area contributed by atoms with Crippen LogP contribution in [-0.4, -0.2) is 36.3 Å². The largest absolute Gasteiger partial charge is 0.342 e. The van der Waals surface area contributed by atoms with E-state index in [1.54, 1.807) is 4.90 Å². The summed E-state index contributed by atoms with van der Waals surface area (Å²) >= 11 is 0.